The van der Waals surface area contributed by atoms with Crippen molar-refractivity contribution in [3.05, 3.63) is 40.6 Å². The number of nitrogens with two attached hydrogens (primary N) is 1. The molecule has 0 fully saturated rings. The summed E-state index contributed by atoms with van der Waals surface area (Å²) in [5.74, 6) is -0.216. The number of benzene rings is 1. The van der Waals surface area contributed by atoms with Gasteiger partial charge in [-0.25, -0.2) is 18.5 Å². The largest absolute Gasteiger partial charge is 0.321 e. The van der Waals surface area contributed by atoms with Crippen LogP contribution in [0.5, 0.6) is 0 Å². The molecule has 108 valence electrons. The summed E-state index contributed by atoms with van der Waals surface area (Å²) in [5.41, 5.74) is 1.03. The third-order valence-corrected chi connectivity index (χ3v) is 5.84. The van der Waals surface area contributed by atoms with Gasteiger partial charge in [0.1, 0.15) is 0 Å². The molecule has 3 rings (SSSR count). The van der Waals surface area contributed by atoms with Gasteiger partial charge in [-0.1, -0.05) is 6.07 Å². The molecule has 0 radical (unpaired) electrons. The normalized spacial score (nSPS) is 11.7. The highest BCUT2D eigenvalue weighted by Crippen LogP contribution is 2.27. The number of sulfonamides is 1. The average Bonchev–Trinajstić information content (AvgIpc) is 3.06. The van der Waals surface area contributed by atoms with Gasteiger partial charge in [-0.2, -0.15) is 0 Å². The molecule has 2 heterocycles. The molecule has 0 saturated heterocycles. The SMILES string of the molecule is NS(=O)(=O)c1nc2cc(NC(=O)c3cccs3)ccc2s1. The second-order valence-corrected chi connectivity index (χ2v) is 7.85. The highest BCUT2D eigenvalue weighted by atomic mass is 32.2. The van der Waals surface area contributed by atoms with Gasteiger partial charge in [0.2, 0.25) is 4.34 Å². The number of nitrogens with one attached hydrogen (secondary N) is 1. The molecular formula is C12H9N3O3S3. The Bertz CT molecular complexity index is 914. The molecule has 1 amide bonds. The second kappa shape index (κ2) is 5.19. The number of hydrogen-bond acceptors (Lipinski definition) is 6. The van der Waals surface area contributed by atoms with E-state index in [4.69, 9.17) is 5.14 Å². The minimum Gasteiger partial charge on any atom is -0.321 e. The van der Waals surface area contributed by atoms with Crippen molar-refractivity contribution in [1.82, 2.24) is 4.98 Å². The van der Waals surface area contributed by atoms with E-state index in [1.54, 1.807) is 30.3 Å². The Morgan fingerprint density at radius 2 is 2.10 bits per heavy atom. The van der Waals surface area contributed by atoms with Crippen molar-refractivity contribution in [1.29, 1.82) is 0 Å². The standard InChI is InChI=1S/C12H9N3O3S3/c13-21(17,18)12-15-8-6-7(3-4-9(8)20-12)14-11(16)10-2-1-5-19-10/h1-6H,(H,14,16)(H2,13,17,18). The van der Waals surface area contributed by atoms with Crippen LogP contribution in [0.1, 0.15) is 9.67 Å². The minimum atomic E-state index is -3.81. The number of amides is 1. The van der Waals surface area contributed by atoms with E-state index in [0.29, 0.717) is 20.8 Å². The number of primary sulfonamides is 1. The number of aromatic nitrogens is 1. The third-order valence-electron chi connectivity index (χ3n) is 2.61. The van der Waals surface area contributed by atoms with Crippen molar-refractivity contribution in [2.75, 3.05) is 5.32 Å². The first kappa shape index (κ1) is 14.1. The molecule has 6 nitrogen and oxygen atoms in total. The molecular weight excluding hydrogens is 330 g/mol. The Hall–Kier alpha value is -1.81. The molecule has 0 aliphatic heterocycles. The predicted molar refractivity (Wildman–Crippen MR) is 83.3 cm³/mol. The third kappa shape index (κ3) is 2.95. The maximum absolute atomic E-state index is 11.9. The Labute approximate surface area is 128 Å². The zero-order valence-corrected chi connectivity index (χ0v) is 12.9. The zero-order chi connectivity index (χ0) is 15.0. The summed E-state index contributed by atoms with van der Waals surface area (Å²) in [6.45, 7) is 0. The van der Waals surface area contributed by atoms with E-state index in [-0.39, 0.29) is 10.2 Å². The lowest BCUT2D eigenvalue weighted by Gasteiger charge is -2.02. The van der Waals surface area contributed by atoms with Crippen molar-refractivity contribution < 1.29 is 13.2 Å². The predicted octanol–water partition coefficient (Wildman–Crippen LogP) is 2.26. The molecule has 0 aliphatic rings. The van der Waals surface area contributed by atoms with Crippen molar-refractivity contribution in [3.63, 3.8) is 0 Å². The molecule has 3 aromatic rings. The van der Waals surface area contributed by atoms with Gasteiger partial charge in [0, 0.05) is 5.69 Å². The average molecular weight is 339 g/mol. The van der Waals surface area contributed by atoms with Gasteiger partial charge in [0.05, 0.1) is 15.1 Å². The molecule has 0 saturated carbocycles. The number of hydrogen-bond donors (Lipinski definition) is 2. The van der Waals surface area contributed by atoms with E-state index in [9.17, 15) is 13.2 Å². The monoisotopic (exact) mass is 339 g/mol. The molecule has 9 heteroatoms. The summed E-state index contributed by atoms with van der Waals surface area (Å²) in [5, 5.41) is 9.61. The number of rotatable bonds is 3. The van der Waals surface area contributed by atoms with E-state index in [2.05, 4.69) is 10.3 Å². The van der Waals surface area contributed by atoms with Crippen molar-refractivity contribution in [2.45, 2.75) is 4.34 Å². The van der Waals surface area contributed by atoms with Crippen LogP contribution in [0.25, 0.3) is 10.2 Å². The Morgan fingerprint density at radius 3 is 2.76 bits per heavy atom. The first-order valence-corrected chi connectivity index (χ1v) is 8.96. The van der Waals surface area contributed by atoms with Gasteiger partial charge >= 0.3 is 0 Å². The summed E-state index contributed by atoms with van der Waals surface area (Å²) in [7, 11) is -3.81. The Balaban J connectivity index is 1.92. The van der Waals surface area contributed by atoms with Gasteiger partial charge in [0.15, 0.2) is 0 Å². The van der Waals surface area contributed by atoms with Crippen LogP contribution < -0.4 is 10.5 Å². The number of fused-ring (bicyclic) bond motifs is 1. The van der Waals surface area contributed by atoms with Gasteiger partial charge in [-0.05, 0) is 29.6 Å². The van der Waals surface area contributed by atoms with Crippen molar-refractivity contribution in [2.24, 2.45) is 5.14 Å². The van der Waals surface area contributed by atoms with Gasteiger partial charge in [-0.3, -0.25) is 4.79 Å². The van der Waals surface area contributed by atoms with Gasteiger partial charge in [-0.15, -0.1) is 22.7 Å². The van der Waals surface area contributed by atoms with Crippen LogP contribution in [-0.2, 0) is 10.0 Å². The lowest BCUT2D eigenvalue weighted by Crippen LogP contribution is -2.11. The number of carbonyl (C=O) groups excluding carboxylic acids is 1. The molecule has 0 bridgehead atoms. The molecule has 0 spiro atoms. The van der Waals surface area contributed by atoms with E-state index >= 15 is 0 Å². The number of nitrogens with zero attached hydrogens (tertiary/aromatic N) is 1. The highest BCUT2D eigenvalue weighted by molar-refractivity contribution is 7.91. The van der Waals surface area contributed by atoms with Gasteiger partial charge < -0.3 is 5.32 Å². The number of anilines is 1. The van der Waals surface area contributed by atoms with Crippen LogP contribution in [0.3, 0.4) is 0 Å². The van der Waals surface area contributed by atoms with Crippen LogP contribution in [0.15, 0.2) is 40.1 Å². The van der Waals surface area contributed by atoms with Crippen LogP contribution >= 0.6 is 22.7 Å². The quantitative estimate of drug-likeness (QED) is 0.764. The fraction of sp³-hybridized carbons (Fsp3) is 0. The highest BCUT2D eigenvalue weighted by Gasteiger charge is 2.15. The summed E-state index contributed by atoms with van der Waals surface area (Å²) < 4.78 is 23.1. The fourth-order valence-corrected chi connectivity index (χ4v) is 3.96. The number of thiophene rings is 1. The molecule has 0 aliphatic carbocycles. The van der Waals surface area contributed by atoms with Crippen molar-refractivity contribution >= 4 is 54.5 Å². The lowest BCUT2D eigenvalue weighted by atomic mass is 10.3. The maximum atomic E-state index is 11.9. The fourth-order valence-electron chi connectivity index (χ4n) is 1.71. The van der Waals surface area contributed by atoms with E-state index in [1.165, 1.54) is 11.3 Å². The topological polar surface area (TPSA) is 102 Å². The molecule has 21 heavy (non-hydrogen) atoms. The smallest absolute Gasteiger partial charge is 0.265 e. The molecule has 0 atom stereocenters. The van der Waals surface area contributed by atoms with E-state index < -0.39 is 10.0 Å². The Kier molecular flexibility index (Phi) is 3.49. The first-order valence-electron chi connectivity index (χ1n) is 5.72. The Morgan fingerprint density at radius 1 is 1.29 bits per heavy atom. The summed E-state index contributed by atoms with van der Waals surface area (Å²) >= 11 is 2.33. The zero-order valence-electron chi connectivity index (χ0n) is 10.4. The van der Waals surface area contributed by atoms with E-state index in [0.717, 1.165) is 11.3 Å². The van der Waals surface area contributed by atoms with Crippen molar-refractivity contribution in [3.8, 4) is 0 Å². The van der Waals surface area contributed by atoms with Crippen LogP contribution in [-0.4, -0.2) is 19.3 Å². The molecule has 3 N–H and O–H groups in total. The second-order valence-electron chi connectivity index (χ2n) is 4.14. The van der Waals surface area contributed by atoms with Crippen LogP contribution in [0, 0.1) is 0 Å². The number of carbonyl (C=O) groups is 1. The van der Waals surface area contributed by atoms with Crippen LogP contribution in [0.2, 0.25) is 0 Å². The van der Waals surface area contributed by atoms with Crippen LogP contribution in [0.4, 0.5) is 5.69 Å². The molecule has 1 aromatic carbocycles. The summed E-state index contributed by atoms with van der Waals surface area (Å²) in [4.78, 5) is 16.5. The molecule has 0 unspecified atom stereocenters. The number of thiazole rings is 1. The molecule has 2 aromatic heterocycles. The lowest BCUT2D eigenvalue weighted by molar-refractivity contribution is 0.103. The maximum Gasteiger partial charge on any atom is 0.265 e. The van der Waals surface area contributed by atoms with E-state index in [1.807, 2.05) is 5.38 Å². The van der Waals surface area contributed by atoms with Gasteiger partial charge in [0.25, 0.3) is 15.9 Å². The minimum absolute atomic E-state index is 0.140. The summed E-state index contributed by atoms with van der Waals surface area (Å²) in [6.07, 6.45) is 0. The summed E-state index contributed by atoms with van der Waals surface area (Å²) in [6, 6.07) is 8.53. The first-order chi connectivity index (χ1) is 9.93.